The zero-order valence-corrected chi connectivity index (χ0v) is 19.1. The summed E-state index contributed by atoms with van der Waals surface area (Å²) in [6.45, 7) is 6.51. The molecule has 8 heteroatoms. The molecule has 4 saturated heterocycles. The van der Waals surface area contributed by atoms with Gasteiger partial charge in [0.25, 0.3) is 0 Å². The number of methoxy groups -OCH3 is 1. The lowest BCUT2D eigenvalue weighted by atomic mass is 9.58. The minimum atomic E-state index is -0.788. The van der Waals surface area contributed by atoms with Crippen LogP contribution in [0, 0.1) is 23.7 Å². The van der Waals surface area contributed by atoms with Crippen molar-refractivity contribution in [3.63, 3.8) is 0 Å². The van der Waals surface area contributed by atoms with E-state index in [1.54, 1.807) is 13.3 Å². The fourth-order valence-corrected chi connectivity index (χ4v) is 6.57. The third-order valence-electron chi connectivity index (χ3n) is 8.32. The van der Waals surface area contributed by atoms with Gasteiger partial charge in [-0.1, -0.05) is 19.1 Å². The predicted molar refractivity (Wildman–Crippen MR) is 114 cm³/mol. The Labute approximate surface area is 188 Å². The molecule has 1 spiro atoms. The van der Waals surface area contributed by atoms with Crippen LogP contribution in [0.3, 0.4) is 0 Å². The fraction of sp³-hybridized carbons (Fsp3) is 0.667. The lowest BCUT2D eigenvalue weighted by Crippen LogP contribution is -2.69. The van der Waals surface area contributed by atoms with Crippen molar-refractivity contribution in [3.05, 3.63) is 30.5 Å². The number of ether oxygens (including phenoxy) is 3. The summed E-state index contributed by atoms with van der Waals surface area (Å²) in [5.41, 5.74) is 1.34. The third kappa shape index (κ3) is 2.83. The number of benzene rings is 1. The van der Waals surface area contributed by atoms with E-state index in [4.69, 9.17) is 24.0 Å². The van der Waals surface area contributed by atoms with Gasteiger partial charge in [-0.15, -0.1) is 5.10 Å². The summed E-state index contributed by atoms with van der Waals surface area (Å²) < 4.78 is 20.4. The molecule has 5 aliphatic rings. The number of hydrogen-bond donors (Lipinski definition) is 0. The molecule has 1 aliphatic carbocycles. The monoisotopic (exact) mass is 441 g/mol. The number of aromatic nitrogens is 3. The molecular formula is C24H31N3O5. The van der Waals surface area contributed by atoms with E-state index in [1.165, 1.54) is 6.42 Å². The topological polar surface area (TPSA) is 76.9 Å². The van der Waals surface area contributed by atoms with Crippen molar-refractivity contribution in [3.8, 4) is 17.0 Å². The van der Waals surface area contributed by atoms with Crippen LogP contribution in [0.2, 0.25) is 0 Å². The standard InChI is InChI=1S/C24H31N3O5/c1-14-5-10-19-15(2)21(27-20(13-25-26-27)16-6-8-17(28-4)9-7-16)29-22-24(19)18(14)11-12-23(3,30-22)31-32-24/h6-9,13-15,18-19,21-22H,5,10-12H2,1-4H3/t14-,15-,18+,19+,21-,22-,23+,24-/m1/s1. The summed E-state index contributed by atoms with van der Waals surface area (Å²) in [6, 6.07) is 7.92. The van der Waals surface area contributed by atoms with Gasteiger partial charge in [-0.2, -0.15) is 0 Å². The zero-order chi connectivity index (χ0) is 22.1. The number of rotatable bonds is 3. The highest BCUT2D eigenvalue weighted by atomic mass is 17.3. The van der Waals surface area contributed by atoms with Crippen molar-refractivity contribution in [1.82, 2.24) is 15.0 Å². The van der Waals surface area contributed by atoms with Gasteiger partial charge in [0.2, 0.25) is 5.79 Å². The molecule has 8 atom stereocenters. The highest BCUT2D eigenvalue weighted by Gasteiger charge is 2.69. The lowest BCUT2D eigenvalue weighted by molar-refractivity contribution is -0.574. The van der Waals surface area contributed by atoms with Gasteiger partial charge in [-0.25, -0.2) is 14.5 Å². The van der Waals surface area contributed by atoms with Crippen molar-refractivity contribution in [2.75, 3.05) is 7.11 Å². The van der Waals surface area contributed by atoms with E-state index < -0.39 is 17.7 Å². The van der Waals surface area contributed by atoms with Gasteiger partial charge in [0.1, 0.15) is 5.75 Å². The quantitative estimate of drug-likeness (QED) is 0.656. The second-order valence-electron chi connectivity index (χ2n) is 10.1. The fourth-order valence-electron chi connectivity index (χ4n) is 6.57. The average Bonchev–Trinajstić information content (AvgIpc) is 3.17. The second-order valence-corrected chi connectivity index (χ2v) is 10.1. The van der Waals surface area contributed by atoms with Crippen molar-refractivity contribution in [1.29, 1.82) is 0 Å². The Balaban J connectivity index is 1.40. The maximum absolute atomic E-state index is 6.72. The van der Waals surface area contributed by atoms with Gasteiger partial charge in [-0.05, 0) is 62.3 Å². The molecule has 0 radical (unpaired) electrons. The Morgan fingerprint density at radius 2 is 1.88 bits per heavy atom. The first-order valence-corrected chi connectivity index (χ1v) is 11.7. The molecule has 0 unspecified atom stereocenters. The molecular weight excluding hydrogens is 410 g/mol. The molecule has 32 heavy (non-hydrogen) atoms. The molecule has 0 N–H and O–H groups in total. The third-order valence-corrected chi connectivity index (χ3v) is 8.32. The zero-order valence-electron chi connectivity index (χ0n) is 19.1. The largest absolute Gasteiger partial charge is 0.497 e. The molecule has 8 nitrogen and oxygen atoms in total. The van der Waals surface area contributed by atoms with E-state index in [9.17, 15) is 0 Å². The number of fused-ring (bicyclic) bond motifs is 2. The van der Waals surface area contributed by atoms with Crippen molar-refractivity contribution >= 4 is 0 Å². The van der Waals surface area contributed by atoms with Crippen LogP contribution in [-0.2, 0) is 19.2 Å². The molecule has 1 aromatic carbocycles. The van der Waals surface area contributed by atoms with Gasteiger partial charge in [-0.3, -0.25) is 0 Å². The van der Waals surface area contributed by atoms with Gasteiger partial charge in [0.15, 0.2) is 18.1 Å². The molecule has 5 fully saturated rings. The Hall–Kier alpha value is -2.00. The Bertz CT molecular complexity index is 996. The first-order valence-electron chi connectivity index (χ1n) is 11.7. The van der Waals surface area contributed by atoms with E-state index in [-0.39, 0.29) is 18.1 Å². The molecule has 4 aliphatic heterocycles. The molecule has 1 aromatic heterocycles. The van der Waals surface area contributed by atoms with Crippen LogP contribution in [0.15, 0.2) is 30.5 Å². The number of nitrogens with zero attached hydrogens (tertiary/aromatic N) is 3. The maximum atomic E-state index is 6.72. The normalized spacial score (nSPS) is 42.9. The van der Waals surface area contributed by atoms with Crippen LogP contribution < -0.4 is 4.74 Å². The summed E-state index contributed by atoms with van der Waals surface area (Å²) in [5, 5.41) is 8.68. The van der Waals surface area contributed by atoms with E-state index in [0.717, 1.165) is 36.3 Å². The predicted octanol–water partition coefficient (Wildman–Crippen LogP) is 4.33. The lowest BCUT2D eigenvalue weighted by Gasteiger charge is -2.60. The molecule has 2 aromatic rings. The Morgan fingerprint density at radius 1 is 1.06 bits per heavy atom. The van der Waals surface area contributed by atoms with Gasteiger partial charge in [0, 0.05) is 23.8 Å². The molecule has 0 amide bonds. The van der Waals surface area contributed by atoms with E-state index in [2.05, 4.69) is 24.2 Å². The average molecular weight is 442 g/mol. The minimum Gasteiger partial charge on any atom is -0.497 e. The highest BCUT2D eigenvalue weighted by Crippen LogP contribution is 2.61. The Morgan fingerprint density at radius 3 is 2.66 bits per heavy atom. The van der Waals surface area contributed by atoms with Crippen molar-refractivity contribution < 1.29 is 24.0 Å². The van der Waals surface area contributed by atoms with E-state index >= 15 is 0 Å². The summed E-state index contributed by atoms with van der Waals surface area (Å²) in [4.78, 5) is 12.2. The SMILES string of the molecule is COc1ccc(-c2cnnn2[C@@H]2O[C@@H]3O[C@]4(C)CC[C@H]5[C@H](C)CC[C@@H]([C@H]2C)[C@@]35OO4)cc1. The summed E-state index contributed by atoms with van der Waals surface area (Å²) in [5.74, 6) is 1.29. The van der Waals surface area contributed by atoms with Gasteiger partial charge < -0.3 is 14.2 Å². The van der Waals surface area contributed by atoms with Crippen LogP contribution in [0.25, 0.3) is 11.3 Å². The van der Waals surface area contributed by atoms with Crippen molar-refractivity contribution in [2.45, 2.75) is 70.4 Å². The van der Waals surface area contributed by atoms with Crippen LogP contribution in [0.5, 0.6) is 5.75 Å². The highest BCUT2D eigenvalue weighted by molar-refractivity contribution is 5.59. The molecule has 2 bridgehead atoms. The number of hydrogen-bond acceptors (Lipinski definition) is 7. The Kier molecular flexibility index (Phi) is 4.67. The van der Waals surface area contributed by atoms with Crippen LogP contribution in [0.4, 0.5) is 0 Å². The first-order chi connectivity index (χ1) is 15.4. The van der Waals surface area contributed by atoms with Crippen LogP contribution >= 0.6 is 0 Å². The van der Waals surface area contributed by atoms with Crippen molar-refractivity contribution in [2.24, 2.45) is 23.7 Å². The van der Waals surface area contributed by atoms with E-state index in [0.29, 0.717) is 11.8 Å². The van der Waals surface area contributed by atoms with Gasteiger partial charge >= 0.3 is 0 Å². The van der Waals surface area contributed by atoms with Crippen LogP contribution in [-0.4, -0.2) is 39.8 Å². The molecule has 1 saturated carbocycles. The second kappa shape index (κ2) is 7.25. The van der Waals surface area contributed by atoms with Crippen LogP contribution in [0.1, 0.15) is 52.7 Å². The van der Waals surface area contributed by atoms with E-state index in [1.807, 2.05) is 35.9 Å². The molecule has 7 rings (SSSR count). The summed E-state index contributed by atoms with van der Waals surface area (Å²) in [7, 11) is 1.67. The maximum Gasteiger partial charge on any atom is 0.201 e. The summed E-state index contributed by atoms with van der Waals surface area (Å²) in [6.07, 6.45) is 5.01. The first kappa shape index (κ1) is 20.6. The minimum absolute atomic E-state index is 0.148. The summed E-state index contributed by atoms with van der Waals surface area (Å²) >= 11 is 0. The van der Waals surface area contributed by atoms with Gasteiger partial charge in [0.05, 0.1) is 19.0 Å². The molecule has 5 heterocycles. The smallest absolute Gasteiger partial charge is 0.201 e. The molecule has 172 valence electrons.